The van der Waals surface area contributed by atoms with E-state index in [9.17, 15) is 0 Å². The number of rotatable bonds is 2. The van der Waals surface area contributed by atoms with E-state index in [1.165, 1.54) is 38.5 Å². The lowest BCUT2D eigenvalue weighted by Crippen LogP contribution is -2.57. The van der Waals surface area contributed by atoms with Crippen LogP contribution in [0.2, 0.25) is 0 Å². The van der Waals surface area contributed by atoms with Gasteiger partial charge in [0, 0.05) is 3.42 Å². The van der Waals surface area contributed by atoms with Crippen LogP contribution in [0.25, 0.3) is 0 Å². The van der Waals surface area contributed by atoms with Crippen LogP contribution in [0.15, 0.2) is 0 Å². The average Bonchev–Trinajstić information content (AvgIpc) is 1.79. The van der Waals surface area contributed by atoms with E-state index in [0.717, 1.165) is 10.8 Å². The van der Waals surface area contributed by atoms with Crippen molar-refractivity contribution in [1.29, 1.82) is 0 Å². The SMILES string of the molecule is CCCC1(C)CC2(CC(C)(I)C2)C1. The highest BCUT2D eigenvalue weighted by atomic mass is 127. The van der Waals surface area contributed by atoms with Crippen LogP contribution in [-0.2, 0) is 0 Å². The minimum absolute atomic E-state index is 0.644. The van der Waals surface area contributed by atoms with Crippen LogP contribution in [0.1, 0.15) is 59.3 Å². The Morgan fingerprint density at radius 3 is 2.00 bits per heavy atom. The second-order valence-corrected chi connectivity index (χ2v) is 8.79. The Kier molecular flexibility index (Phi) is 2.26. The van der Waals surface area contributed by atoms with Gasteiger partial charge >= 0.3 is 0 Å². The summed E-state index contributed by atoms with van der Waals surface area (Å²) in [6.07, 6.45) is 8.83. The predicted molar refractivity (Wildman–Crippen MR) is 66.3 cm³/mol. The largest absolute Gasteiger partial charge is 0.0791 e. The van der Waals surface area contributed by atoms with E-state index in [1.54, 1.807) is 0 Å². The van der Waals surface area contributed by atoms with Crippen molar-refractivity contribution in [2.24, 2.45) is 10.8 Å². The standard InChI is InChI=1S/C12H21I/c1-4-5-10(2)6-12(7-10)8-11(3,13)9-12/h4-9H2,1-3H3. The monoisotopic (exact) mass is 292 g/mol. The zero-order valence-corrected chi connectivity index (χ0v) is 11.3. The van der Waals surface area contributed by atoms with Gasteiger partial charge in [-0.05, 0) is 42.9 Å². The third-order valence-corrected chi connectivity index (χ3v) is 4.71. The number of hydrogen-bond acceptors (Lipinski definition) is 0. The molecule has 1 heteroatoms. The highest BCUT2D eigenvalue weighted by molar-refractivity contribution is 14.1. The second-order valence-electron chi connectivity index (χ2n) is 6.18. The van der Waals surface area contributed by atoms with Gasteiger partial charge in [-0.2, -0.15) is 0 Å². The third-order valence-electron chi connectivity index (χ3n) is 3.94. The minimum atomic E-state index is 0.644. The summed E-state index contributed by atoms with van der Waals surface area (Å²) >= 11 is 2.64. The molecular formula is C12H21I. The van der Waals surface area contributed by atoms with Gasteiger partial charge in [0.2, 0.25) is 0 Å². The molecule has 0 heterocycles. The van der Waals surface area contributed by atoms with Crippen molar-refractivity contribution in [1.82, 2.24) is 0 Å². The molecule has 2 saturated carbocycles. The Balaban J connectivity index is 1.85. The molecule has 13 heavy (non-hydrogen) atoms. The van der Waals surface area contributed by atoms with Crippen molar-refractivity contribution in [2.75, 3.05) is 0 Å². The van der Waals surface area contributed by atoms with Gasteiger partial charge in [-0.15, -0.1) is 0 Å². The molecule has 0 N–H and O–H groups in total. The molecule has 0 unspecified atom stereocenters. The first kappa shape index (κ1) is 10.3. The van der Waals surface area contributed by atoms with Gasteiger partial charge in [0.25, 0.3) is 0 Å². The maximum absolute atomic E-state index is 2.64. The van der Waals surface area contributed by atoms with Gasteiger partial charge in [-0.25, -0.2) is 0 Å². The Hall–Kier alpha value is 0.730. The van der Waals surface area contributed by atoms with E-state index in [0.29, 0.717) is 3.42 Å². The number of halogens is 1. The maximum atomic E-state index is 2.64. The summed E-state index contributed by atoms with van der Waals surface area (Å²) in [4.78, 5) is 0. The van der Waals surface area contributed by atoms with E-state index in [4.69, 9.17) is 0 Å². The van der Waals surface area contributed by atoms with E-state index < -0.39 is 0 Å². The van der Waals surface area contributed by atoms with Crippen LogP contribution in [0.3, 0.4) is 0 Å². The fourth-order valence-electron chi connectivity index (χ4n) is 4.30. The lowest BCUT2D eigenvalue weighted by molar-refractivity contribution is -0.102. The van der Waals surface area contributed by atoms with Crippen LogP contribution >= 0.6 is 22.6 Å². The molecule has 0 saturated heterocycles. The van der Waals surface area contributed by atoms with Crippen LogP contribution in [0.4, 0.5) is 0 Å². The first-order valence-electron chi connectivity index (χ1n) is 5.58. The molecule has 2 aliphatic carbocycles. The fraction of sp³-hybridized carbons (Fsp3) is 1.00. The fourth-order valence-corrected chi connectivity index (χ4v) is 5.92. The number of alkyl halides is 1. The van der Waals surface area contributed by atoms with E-state index in [-0.39, 0.29) is 0 Å². The van der Waals surface area contributed by atoms with Crippen LogP contribution in [-0.4, -0.2) is 3.42 Å². The van der Waals surface area contributed by atoms with Gasteiger partial charge < -0.3 is 0 Å². The molecule has 0 radical (unpaired) electrons. The summed E-state index contributed by atoms with van der Waals surface area (Å²) in [6.45, 7) is 7.22. The summed E-state index contributed by atoms with van der Waals surface area (Å²) in [6, 6.07) is 0. The topological polar surface area (TPSA) is 0 Å². The average molecular weight is 292 g/mol. The van der Waals surface area contributed by atoms with Crippen molar-refractivity contribution in [3.05, 3.63) is 0 Å². The summed E-state index contributed by atoms with van der Waals surface area (Å²) in [5.41, 5.74) is 1.53. The van der Waals surface area contributed by atoms with Crippen molar-refractivity contribution in [3.8, 4) is 0 Å². The third kappa shape index (κ3) is 1.78. The van der Waals surface area contributed by atoms with Gasteiger partial charge in [0.15, 0.2) is 0 Å². The first-order chi connectivity index (χ1) is 5.89. The highest BCUT2D eigenvalue weighted by Gasteiger charge is 2.60. The van der Waals surface area contributed by atoms with Crippen LogP contribution in [0, 0.1) is 10.8 Å². The lowest BCUT2D eigenvalue weighted by Gasteiger charge is -2.65. The lowest BCUT2D eigenvalue weighted by atomic mass is 9.42. The molecule has 76 valence electrons. The van der Waals surface area contributed by atoms with Crippen molar-refractivity contribution < 1.29 is 0 Å². The molecule has 0 aromatic rings. The first-order valence-corrected chi connectivity index (χ1v) is 6.66. The Morgan fingerprint density at radius 1 is 1.08 bits per heavy atom. The van der Waals surface area contributed by atoms with Crippen LogP contribution < -0.4 is 0 Å². The Labute approximate surface area is 96.0 Å². The summed E-state index contributed by atoms with van der Waals surface area (Å²) in [5.74, 6) is 0. The molecular weight excluding hydrogens is 271 g/mol. The molecule has 0 aromatic carbocycles. The molecule has 2 fully saturated rings. The van der Waals surface area contributed by atoms with Crippen LogP contribution in [0.5, 0.6) is 0 Å². The Bertz CT molecular complexity index is 201. The molecule has 0 aromatic heterocycles. The predicted octanol–water partition coefficient (Wildman–Crippen LogP) is 4.56. The maximum Gasteiger partial charge on any atom is 0.0204 e. The molecule has 2 aliphatic rings. The molecule has 1 spiro atoms. The van der Waals surface area contributed by atoms with Gasteiger partial charge in [-0.3, -0.25) is 0 Å². The normalized spacial score (nSPS) is 54.5. The quantitative estimate of drug-likeness (QED) is 0.517. The molecule has 2 rings (SSSR count). The molecule has 0 nitrogen and oxygen atoms in total. The van der Waals surface area contributed by atoms with E-state index in [1.807, 2.05) is 0 Å². The van der Waals surface area contributed by atoms with Gasteiger partial charge in [0.1, 0.15) is 0 Å². The number of hydrogen-bond donors (Lipinski definition) is 0. The minimum Gasteiger partial charge on any atom is -0.0791 e. The second kappa shape index (κ2) is 2.86. The Morgan fingerprint density at radius 2 is 1.62 bits per heavy atom. The highest BCUT2D eigenvalue weighted by Crippen LogP contribution is 2.70. The van der Waals surface area contributed by atoms with Crippen molar-refractivity contribution >= 4 is 22.6 Å². The van der Waals surface area contributed by atoms with Gasteiger partial charge in [0.05, 0.1) is 0 Å². The van der Waals surface area contributed by atoms with E-state index in [2.05, 4.69) is 43.4 Å². The van der Waals surface area contributed by atoms with Gasteiger partial charge in [-0.1, -0.05) is 49.8 Å². The molecule has 0 atom stereocenters. The zero-order chi connectivity index (χ0) is 9.74. The summed E-state index contributed by atoms with van der Waals surface area (Å²) in [7, 11) is 0. The molecule has 0 aliphatic heterocycles. The van der Waals surface area contributed by atoms with Crippen molar-refractivity contribution in [2.45, 2.75) is 62.7 Å². The summed E-state index contributed by atoms with van der Waals surface area (Å²) in [5, 5.41) is 0. The van der Waals surface area contributed by atoms with E-state index >= 15 is 0 Å². The summed E-state index contributed by atoms with van der Waals surface area (Å²) < 4.78 is 0.644. The molecule has 0 bridgehead atoms. The van der Waals surface area contributed by atoms with Crippen molar-refractivity contribution in [3.63, 3.8) is 0 Å². The smallest absolute Gasteiger partial charge is 0.0204 e. The zero-order valence-electron chi connectivity index (χ0n) is 9.12. The molecule has 0 amide bonds.